The van der Waals surface area contributed by atoms with Gasteiger partial charge in [0.25, 0.3) is 5.91 Å². The SMILES string of the molecule is CCCS(=O)(=O)NC(=O)c1ccc(-c2ccc(CCN(C[C@H](O)c3ccccc3)C(=O)O)cc2)cc1OC(C)C. The van der Waals surface area contributed by atoms with E-state index in [1.54, 1.807) is 49.4 Å². The molecule has 0 aromatic heterocycles. The van der Waals surface area contributed by atoms with Crippen molar-refractivity contribution in [2.45, 2.75) is 45.8 Å². The molecule has 0 saturated heterocycles. The van der Waals surface area contributed by atoms with Crippen molar-refractivity contribution < 1.29 is 33.0 Å². The van der Waals surface area contributed by atoms with Gasteiger partial charge < -0.3 is 19.8 Å². The summed E-state index contributed by atoms with van der Waals surface area (Å²) in [5.74, 6) is -0.623. The van der Waals surface area contributed by atoms with Gasteiger partial charge in [0.15, 0.2) is 0 Å². The number of ether oxygens (including phenoxy) is 1. The number of aliphatic hydroxyl groups is 1. The van der Waals surface area contributed by atoms with Gasteiger partial charge >= 0.3 is 6.09 Å². The second-order valence-corrected chi connectivity index (χ2v) is 11.6. The van der Waals surface area contributed by atoms with Gasteiger partial charge in [0.2, 0.25) is 10.0 Å². The van der Waals surface area contributed by atoms with Crippen molar-refractivity contribution >= 4 is 22.0 Å². The molecule has 1 atom stereocenters. The molecule has 0 aliphatic carbocycles. The molecule has 2 amide bonds. The van der Waals surface area contributed by atoms with E-state index in [-0.39, 0.29) is 36.3 Å². The average molecular weight is 569 g/mol. The fraction of sp³-hybridized carbons (Fsp3) is 0.333. The highest BCUT2D eigenvalue weighted by molar-refractivity contribution is 7.90. The third-order valence-corrected chi connectivity index (χ3v) is 7.56. The largest absolute Gasteiger partial charge is 0.490 e. The van der Waals surface area contributed by atoms with Gasteiger partial charge in [-0.2, -0.15) is 0 Å². The van der Waals surface area contributed by atoms with E-state index < -0.39 is 28.1 Å². The maximum Gasteiger partial charge on any atom is 0.407 e. The number of carbonyl (C=O) groups is 2. The third-order valence-electron chi connectivity index (χ3n) is 6.12. The van der Waals surface area contributed by atoms with Gasteiger partial charge in [-0.25, -0.2) is 17.9 Å². The Hall–Kier alpha value is -3.89. The van der Waals surface area contributed by atoms with Crippen LogP contribution in [0, 0.1) is 0 Å². The van der Waals surface area contributed by atoms with Gasteiger partial charge in [-0.3, -0.25) is 4.79 Å². The highest BCUT2D eigenvalue weighted by atomic mass is 32.2. The molecule has 3 rings (SSSR count). The van der Waals surface area contributed by atoms with Crippen LogP contribution >= 0.6 is 0 Å². The Morgan fingerprint density at radius 3 is 2.23 bits per heavy atom. The highest BCUT2D eigenvalue weighted by Crippen LogP contribution is 2.29. The lowest BCUT2D eigenvalue weighted by molar-refractivity contribution is 0.0970. The third kappa shape index (κ3) is 8.82. The molecule has 0 spiro atoms. The van der Waals surface area contributed by atoms with E-state index in [2.05, 4.69) is 4.72 Å². The van der Waals surface area contributed by atoms with Gasteiger partial charge in [-0.1, -0.05) is 67.6 Å². The van der Waals surface area contributed by atoms with Crippen molar-refractivity contribution in [1.29, 1.82) is 0 Å². The number of nitrogens with zero attached hydrogens (tertiary/aromatic N) is 1. The number of carbonyl (C=O) groups excluding carboxylic acids is 1. The molecule has 0 saturated carbocycles. The standard InChI is InChI=1S/C30H36N2O7S/c1-4-18-40(37,38)31-29(34)26-15-14-25(19-28(26)39-21(2)3)23-12-10-22(11-13-23)16-17-32(30(35)36)20-27(33)24-8-6-5-7-9-24/h5-15,19,21,27,33H,4,16-18,20H2,1-3H3,(H,31,34)(H,35,36)/t27-/m0/s1. The van der Waals surface area contributed by atoms with Crippen LogP contribution in [0.2, 0.25) is 0 Å². The summed E-state index contributed by atoms with van der Waals surface area (Å²) in [4.78, 5) is 25.7. The molecule has 0 aliphatic heterocycles. The van der Waals surface area contributed by atoms with Gasteiger partial charge in [0.05, 0.1) is 30.1 Å². The van der Waals surface area contributed by atoms with Crippen LogP contribution in [-0.2, 0) is 16.4 Å². The summed E-state index contributed by atoms with van der Waals surface area (Å²) in [6, 6.07) is 21.5. The van der Waals surface area contributed by atoms with E-state index in [1.165, 1.54) is 4.90 Å². The summed E-state index contributed by atoms with van der Waals surface area (Å²) >= 11 is 0. The number of amides is 2. The smallest absolute Gasteiger partial charge is 0.407 e. The van der Waals surface area contributed by atoms with Crippen molar-refractivity contribution in [3.05, 3.63) is 89.5 Å². The summed E-state index contributed by atoms with van der Waals surface area (Å²) in [6.07, 6.45) is -1.42. The van der Waals surface area contributed by atoms with Crippen molar-refractivity contribution in [2.75, 3.05) is 18.8 Å². The maximum absolute atomic E-state index is 12.7. The summed E-state index contributed by atoms with van der Waals surface area (Å²) in [5, 5.41) is 20.1. The van der Waals surface area contributed by atoms with E-state index >= 15 is 0 Å². The molecule has 9 nitrogen and oxygen atoms in total. The lowest BCUT2D eigenvalue weighted by atomic mass is 10.0. The fourth-order valence-corrected chi connectivity index (χ4v) is 5.17. The topological polar surface area (TPSA) is 133 Å². The van der Waals surface area contributed by atoms with Crippen molar-refractivity contribution in [3.63, 3.8) is 0 Å². The Morgan fingerprint density at radius 2 is 1.62 bits per heavy atom. The maximum atomic E-state index is 12.7. The molecule has 10 heteroatoms. The molecule has 0 bridgehead atoms. The van der Waals surface area contributed by atoms with E-state index in [9.17, 15) is 28.2 Å². The first-order chi connectivity index (χ1) is 19.0. The molecule has 3 N–H and O–H groups in total. The summed E-state index contributed by atoms with van der Waals surface area (Å²) in [6.45, 7) is 5.54. The predicted molar refractivity (Wildman–Crippen MR) is 154 cm³/mol. The molecule has 214 valence electrons. The van der Waals surface area contributed by atoms with Gasteiger partial charge in [0.1, 0.15) is 5.75 Å². The Kier molecular flexibility index (Phi) is 10.7. The quantitative estimate of drug-likeness (QED) is 0.268. The Bertz CT molecular complexity index is 1390. The minimum atomic E-state index is -3.74. The summed E-state index contributed by atoms with van der Waals surface area (Å²) in [5.41, 5.74) is 3.32. The zero-order valence-electron chi connectivity index (χ0n) is 22.9. The molecule has 3 aromatic carbocycles. The van der Waals surface area contributed by atoms with E-state index in [1.807, 2.05) is 44.2 Å². The van der Waals surface area contributed by atoms with Gasteiger partial charge in [-0.15, -0.1) is 0 Å². The number of aliphatic hydroxyl groups excluding tert-OH is 1. The number of sulfonamides is 1. The second-order valence-electron chi connectivity index (χ2n) is 9.73. The Balaban J connectivity index is 1.72. The monoisotopic (exact) mass is 568 g/mol. The average Bonchev–Trinajstić information content (AvgIpc) is 2.90. The number of rotatable bonds is 13. The zero-order valence-corrected chi connectivity index (χ0v) is 23.7. The fourth-order valence-electron chi connectivity index (χ4n) is 4.14. The number of benzene rings is 3. The first-order valence-corrected chi connectivity index (χ1v) is 14.8. The van der Waals surface area contributed by atoms with Crippen LogP contribution < -0.4 is 9.46 Å². The second kappa shape index (κ2) is 14.0. The van der Waals surface area contributed by atoms with E-state index in [0.717, 1.165) is 16.7 Å². The van der Waals surface area contributed by atoms with Crippen molar-refractivity contribution in [2.24, 2.45) is 0 Å². The van der Waals surface area contributed by atoms with Crippen LogP contribution in [0.4, 0.5) is 4.79 Å². The molecular weight excluding hydrogens is 532 g/mol. The predicted octanol–water partition coefficient (Wildman–Crippen LogP) is 4.87. The van der Waals surface area contributed by atoms with Crippen LogP contribution in [0.1, 0.15) is 54.8 Å². The van der Waals surface area contributed by atoms with Crippen LogP contribution in [-0.4, -0.2) is 60.5 Å². The van der Waals surface area contributed by atoms with Crippen molar-refractivity contribution in [1.82, 2.24) is 9.62 Å². The van der Waals surface area contributed by atoms with Crippen LogP contribution in [0.25, 0.3) is 11.1 Å². The number of hydrogen-bond donors (Lipinski definition) is 3. The van der Waals surface area contributed by atoms with Crippen LogP contribution in [0.3, 0.4) is 0 Å². The Morgan fingerprint density at radius 1 is 0.975 bits per heavy atom. The minimum absolute atomic E-state index is 0.0320. The summed E-state index contributed by atoms with van der Waals surface area (Å²) in [7, 11) is -3.74. The molecule has 0 heterocycles. The molecule has 0 fully saturated rings. The lowest BCUT2D eigenvalue weighted by Crippen LogP contribution is -2.35. The minimum Gasteiger partial charge on any atom is -0.490 e. The Labute approximate surface area is 235 Å². The van der Waals surface area contributed by atoms with Crippen molar-refractivity contribution in [3.8, 4) is 16.9 Å². The first kappa shape index (κ1) is 30.6. The first-order valence-electron chi connectivity index (χ1n) is 13.1. The van der Waals surface area contributed by atoms with Gasteiger partial charge in [0, 0.05) is 6.54 Å². The van der Waals surface area contributed by atoms with Crippen LogP contribution in [0.15, 0.2) is 72.8 Å². The molecule has 3 aromatic rings. The summed E-state index contributed by atoms with van der Waals surface area (Å²) < 4.78 is 32.1. The van der Waals surface area contributed by atoms with Gasteiger partial charge in [-0.05, 0) is 61.1 Å². The molecule has 0 aliphatic rings. The van der Waals surface area contributed by atoms with E-state index in [0.29, 0.717) is 18.4 Å². The molecule has 0 unspecified atom stereocenters. The lowest BCUT2D eigenvalue weighted by Gasteiger charge is -2.22. The van der Waals surface area contributed by atoms with E-state index in [4.69, 9.17) is 4.74 Å². The molecule has 40 heavy (non-hydrogen) atoms. The molecular formula is C30H36N2O7S. The highest BCUT2D eigenvalue weighted by Gasteiger charge is 2.21. The number of carboxylic acid groups (broad SMARTS) is 1. The molecule has 0 radical (unpaired) electrons. The zero-order chi connectivity index (χ0) is 29.3. The van der Waals surface area contributed by atoms with Crippen LogP contribution in [0.5, 0.6) is 5.75 Å². The number of hydrogen-bond acceptors (Lipinski definition) is 6. The number of nitrogens with one attached hydrogen (secondary N) is 1. The normalized spacial score (nSPS) is 12.1.